The minimum atomic E-state index is -5.11. The Morgan fingerprint density at radius 2 is 1.95 bits per heavy atom. The summed E-state index contributed by atoms with van der Waals surface area (Å²) in [5.41, 5.74) is -4.15. The Kier molecular flexibility index (Phi) is 4.95. The fourth-order valence-corrected chi connectivity index (χ4v) is 2.62. The molecule has 0 aromatic carbocycles. The van der Waals surface area contributed by atoms with Gasteiger partial charge >= 0.3 is 12.1 Å². The van der Waals surface area contributed by atoms with E-state index in [0.29, 0.717) is 0 Å². The summed E-state index contributed by atoms with van der Waals surface area (Å²) < 4.78 is 64.2. The number of rotatable bonds is 4. The van der Waals surface area contributed by atoms with Crippen molar-refractivity contribution in [2.24, 2.45) is 0 Å². The average Bonchev–Trinajstić information content (AvgIpc) is 2.34. The number of hydrogen-bond donors (Lipinski definition) is 1. The molecule has 0 saturated carbocycles. The van der Waals surface area contributed by atoms with Crippen LogP contribution in [0.3, 0.4) is 0 Å². The number of carboxylic acids is 1. The Morgan fingerprint density at radius 3 is 2.25 bits per heavy atom. The van der Waals surface area contributed by atoms with Crippen LogP contribution in [0.15, 0.2) is 4.90 Å². The first-order valence-electron chi connectivity index (χ1n) is 5.34. The summed E-state index contributed by atoms with van der Waals surface area (Å²) in [6, 6.07) is 0. The Bertz CT molecular complexity index is 531. The van der Waals surface area contributed by atoms with Crippen LogP contribution in [-0.4, -0.2) is 22.3 Å². The number of thioether (sulfide) groups is 1. The number of alkyl halides is 5. The van der Waals surface area contributed by atoms with Crippen LogP contribution < -0.4 is 0 Å². The molecule has 1 N–H and O–H groups in total. The van der Waals surface area contributed by atoms with Crippen molar-refractivity contribution in [3.63, 3.8) is 0 Å². The summed E-state index contributed by atoms with van der Waals surface area (Å²) in [4.78, 5) is 13.7. The summed E-state index contributed by atoms with van der Waals surface area (Å²) in [6.45, 7) is 1.40. The molecule has 3 nitrogen and oxygen atoms in total. The van der Waals surface area contributed by atoms with Gasteiger partial charge in [-0.3, -0.25) is 0 Å². The predicted octanol–water partition coefficient (Wildman–Crippen LogP) is 4.02. The van der Waals surface area contributed by atoms with Crippen molar-refractivity contribution in [1.82, 2.24) is 4.98 Å². The summed E-state index contributed by atoms with van der Waals surface area (Å²) in [7, 11) is 0. The van der Waals surface area contributed by atoms with Gasteiger partial charge in [-0.25, -0.2) is 18.6 Å². The van der Waals surface area contributed by atoms with E-state index < -0.39 is 35.5 Å². The zero-order chi connectivity index (χ0) is 15.7. The van der Waals surface area contributed by atoms with Crippen molar-refractivity contribution >= 4 is 17.7 Å². The van der Waals surface area contributed by atoms with E-state index in [1.165, 1.54) is 13.2 Å². The number of carboxylic acid groups (broad SMARTS) is 1. The summed E-state index contributed by atoms with van der Waals surface area (Å²) in [5.74, 6) is -1.84. The van der Waals surface area contributed by atoms with Crippen molar-refractivity contribution in [2.75, 3.05) is 6.26 Å². The van der Waals surface area contributed by atoms with Crippen molar-refractivity contribution in [3.8, 4) is 0 Å². The SMILES string of the molecule is CCc1c(SC)c(C(F)F)nc(C(F)(F)F)c1C(=O)O. The second-order valence-corrected chi connectivity index (χ2v) is 4.51. The van der Waals surface area contributed by atoms with Gasteiger partial charge in [0.25, 0.3) is 6.43 Å². The number of nitrogens with zero attached hydrogens (tertiary/aromatic N) is 1. The quantitative estimate of drug-likeness (QED) is 0.673. The van der Waals surface area contributed by atoms with Gasteiger partial charge < -0.3 is 5.11 Å². The van der Waals surface area contributed by atoms with E-state index >= 15 is 0 Å². The number of carbonyl (C=O) groups is 1. The normalized spacial score (nSPS) is 12.0. The third-order valence-corrected chi connectivity index (χ3v) is 3.39. The van der Waals surface area contributed by atoms with Gasteiger partial charge in [0.1, 0.15) is 5.69 Å². The minimum absolute atomic E-state index is 0.122. The van der Waals surface area contributed by atoms with Gasteiger partial charge in [-0.1, -0.05) is 6.92 Å². The molecule has 0 spiro atoms. The number of aromatic carboxylic acids is 1. The highest BCUT2D eigenvalue weighted by atomic mass is 32.2. The molecule has 0 radical (unpaired) electrons. The van der Waals surface area contributed by atoms with Crippen LogP contribution in [0.2, 0.25) is 0 Å². The highest BCUT2D eigenvalue weighted by Gasteiger charge is 2.41. The first kappa shape index (κ1) is 16.7. The Labute approximate surface area is 115 Å². The summed E-state index contributed by atoms with van der Waals surface area (Å²) in [6.07, 6.45) is -7.07. The molecule has 0 aliphatic rings. The third kappa shape index (κ3) is 3.02. The Balaban J connectivity index is 3.85. The Morgan fingerprint density at radius 1 is 1.40 bits per heavy atom. The maximum absolute atomic E-state index is 12.8. The number of hydrogen-bond acceptors (Lipinski definition) is 3. The van der Waals surface area contributed by atoms with Gasteiger partial charge in [-0.05, 0) is 18.2 Å². The largest absolute Gasteiger partial charge is 0.478 e. The van der Waals surface area contributed by atoms with Gasteiger partial charge in [-0.2, -0.15) is 13.2 Å². The van der Waals surface area contributed by atoms with E-state index in [4.69, 9.17) is 5.11 Å². The molecule has 0 aliphatic carbocycles. The van der Waals surface area contributed by atoms with Crippen molar-refractivity contribution in [3.05, 3.63) is 22.5 Å². The lowest BCUT2D eigenvalue weighted by molar-refractivity contribution is -0.142. The first-order chi connectivity index (χ1) is 9.15. The summed E-state index contributed by atoms with van der Waals surface area (Å²) in [5, 5.41) is 8.95. The van der Waals surface area contributed by atoms with Crippen LogP contribution >= 0.6 is 11.8 Å². The van der Waals surface area contributed by atoms with Gasteiger partial charge in [0.05, 0.1) is 5.56 Å². The highest BCUT2D eigenvalue weighted by molar-refractivity contribution is 7.98. The molecule has 1 rings (SSSR count). The zero-order valence-electron chi connectivity index (χ0n) is 10.4. The highest BCUT2D eigenvalue weighted by Crippen LogP contribution is 2.39. The van der Waals surface area contributed by atoms with Gasteiger partial charge in [-0.15, -0.1) is 11.8 Å². The molecular formula is C11H10F5NO2S. The van der Waals surface area contributed by atoms with Crippen LogP contribution in [-0.2, 0) is 12.6 Å². The Hall–Kier alpha value is -1.38. The van der Waals surface area contributed by atoms with E-state index in [0.717, 1.165) is 11.8 Å². The first-order valence-corrected chi connectivity index (χ1v) is 6.56. The molecule has 20 heavy (non-hydrogen) atoms. The van der Waals surface area contributed by atoms with Crippen LogP contribution in [0.25, 0.3) is 0 Å². The van der Waals surface area contributed by atoms with Crippen molar-refractivity contribution in [1.29, 1.82) is 0 Å². The van der Waals surface area contributed by atoms with Crippen LogP contribution in [0.5, 0.6) is 0 Å². The molecule has 0 amide bonds. The fraction of sp³-hybridized carbons (Fsp3) is 0.455. The standard InChI is InChI=1S/C11H10F5NO2S/c1-3-4-5(10(18)19)8(11(14,15)16)17-6(9(12)13)7(4)20-2/h9H,3H2,1-2H3,(H,18,19). The lowest BCUT2D eigenvalue weighted by Gasteiger charge is -2.18. The maximum Gasteiger partial charge on any atom is 0.434 e. The van der Waals surface area contributed by atoms with Crippen LogP contribution in [0.4, 0.5) is 22.0 Å². The van der Waals surface area contributed by atoms with E-state index in [1.54, 1.807) is 0 Å². The van der Waals surface area contributed by atoms with E-state index in [1.807, 2.05) is 0 Å². The molecular weight excluding hydrogens is 305 g/mol. The smallest absolute Gasteiger partial charge is 0.434 e. The molecule has 0 aliphatic heterocycles. The number of halogens is 5. The van der Waals surface area contributed by atoms with Crippen LogP contribution in [0.1, 0.15) is 40.7 Å². The monoisotopic (exact) mass is 315 g/mol. The van der Waals surface area contributed by atoms with Crippen molar-refractivity contribution in [2.45, 2.75) is 30.8 Å². The van der Waals surface area contributed by atoms with E-state index in [-0.39, 0.29) is 16.9 Å². The van der Waals surface area contributed by atoms with Crippen LogP contribution in [0, 0.1) is 0 Å². The topological polar surface area (TPSA) is 50.2 Å². The molecule has 0 unspecified atom stereocenters. The fourth-order valence-electron chi connectivity index (χ4n) is 1.79. The van der Waals surface area contributed by atoms with Gasteiger partial charge in [0, 0.05) is 4.90 Å². The molecule has 1 heterocycles. The molecule has 0 saturated heterocycles. The average molecular weight is 315 g/mol. The third-order valence-electron chi connectivity index (χ3n) is 2.52. The molecule has 112 valence electrons. The van der Waals surface area contributed by atoms with E-state index in [9.17, 15) is 26.7 Å². The zero-order valence-corrected chi connectivity index (χ0v) is 11.2. The molecule has 0 bridgehead atoms. The second kappa shape index (κ2) is 5.94. The predicted molar refractivity (Wildman–Crippen MR) is 62.3 cm³/mol. The minimum Gasteiger partial charge on any atom is -0.478 e. The lowest BCUT2D eigenvalue weighted by Crippen LogP contribution is -2.20. The second-order valence-electron chi connectivity index (χ2n) is 3.69. The number of aromatic nitrogens is 1. The summed E-state index contributed by atoms with van der Waals surface area (Å²) >= 11 is 0.753. The molecule has 1 aromatic rings. The molecule has 9 heteroatoms. The lowest BCUT2D eigenvalue weighted by atomic mass is 10.0. The van der Waals surface area contributed by atoms with Gasteiger partial charge in [0.2, 0.25) is 0 Å². The van der Waals surface area contributed by atoms with Gasteiger partial charge in [0.15, 0.2) is 5.69 Å². The van der Waals surface area contributed by atoms with Crippen molar-refractivity contribution < 1.29 is 31.9 Å². The maximum atomic E-state index is 12.8. The number of pyridine rings is 1. The molecule has 1 aromatic heterocycles. The van der Waals surface area contributed by atoms with E-state index in [2.05, 4.69) is 4.98 Å². The molecule has 0 fully saturated rings. The molecule has 0 atom stereocenters.